The fraction of sp³-hybridized carbons (Fsp3) is 0.304. The molecule has 0 spiro atoms. The number of anilines is 1. The normalized spacial score (nSPS) is 12.1. The number of halogens is 3. The second-order valence-corrected chi connectivity index (χ2v) is 6.92. The van der Waals surface area contributed by atoms with Crippen molar-refractivity contribution in [2.75, 3.05) is 5.32 Å². The number of aromatic nitrogens is 1. The maximum absolute atomic E-state index is 12.3. The highest BCUT2D eigenvalue weighted by Gasteiger charge is 2.38. The third-order valence-electron chi connectivity index (χ3n) is 4.05. The molecule has 8 nitrogen and oxygen atoms in total. The number of nitrogens with one attached hydrogen (secondary N) is 1. The first kappa shape index (κ1) is 28.0. The van der Waals surface area contributed by atoms with E-state index in [0.29, 0.717) is 11.4 Å². The Balaban J connectivity index is 0.000000718. The minimum Gasteiger partial charge on any atom is -0.481 e. The number of rotatable bonds is 7. The van der Waals surface area contributed by atoms with Gasteiger partial charge in [-0.15, -0.1) is 5.92 Å². The van der Waals surface area contributed by atoms with Crippen LogP contribution in [0, 0.1) is 18.8 Å². The van der Waals surface area contributed by atoms with E-state index >= 15 is 0 Å². The SMILES string of the molecule is CC#CC(CC(=O)O)c1ccc(NC(=O)C(C)Oc2cncc(C)c2)cc1.O=C(O)C(F)(F)F. The van der Waals surface area contributed by atoms with Crippen molar-refractivity contribution in [3.8, 4) is 17.6 Å². The number of carbonyl (C=O) groups is 3. The van der Waals surface area contributed by atoms with Gasteiger partial charge in [0.2, 0.25) is 0 Å². The Kier molecular flexibility index (Phi) is 10.6. The minimum atomic E-state index is -5.08. The van der Waals surface area contributed by atoms with Crippen LogP contribution in [0.3, 0.4) is 0 Å². The van der Waals surface area contributed by atoms with Crippen molar-refractivity contribution in [1.29, 1.82) is 0 Å². The van der Waals surface area contributed by atoms with Gasteiger partial charge in [-0.1, -0.05) is 18.1 Å². The van der Waals surface area contributed by atoms with Crippen LogP contribution in [0.5, 0.6) is 5.75 Å². The topological polar surface area (TPSA) is 126 Å². The first-order valence-electron chi connectivity index (χ1n) is 9.76. The molecule has 11 heteroatoms. The Morgan fingerprint density at radius 3 is 2.21 bits per heavy atom. The van der Waals surface area contributed by atoms with E-state index in [0.717, 1.165) is 11.1 Å². The van der Waals surface area contributed by atoms with Crippen molar-refractivity contribution < 1.29 is 42.5 Å². The highest BCUT2D eigenvalue weighted by Crippen LogP contribution is 2.21. The zero-order valence-corrected chi connectivity index (χ0v) is 18.5. The third kappa shape index (κ3) is 10.0. The predicted molar refractivity (Wildman–Crippen MR) is 116 cm³/mol. The summed E-state index contributed by atoms with van der Waals surface area (Å²) >= 11 is 0. The largest absolute Gasteiger partial charge is 0.490 e. The van der Waals surface area contributed by atoms with Gasteiger partial charge in [0, 0.05) is 11.9 Å². The van der Waals surface area contributed by atoms with Crippen LogP contribution in [-0.4, -0.2) is 45.3 Å². The molecule has 0 saturated heterocycles. The number of hydrogen-bond acceptors (Lipinski definition) is 5. The van der Waals surface area contributed by atoms with E-state index in [1.807, 2.05) is 13.0 Å². The first-order valence-corrected chi connectivity index (χ1v) is 9.76. The summed E-state index contributed by atoms with van der Waals surface area (Å²) in [5.41, 5.74) is 2.33. The summed E-state index contributed by atoms with van der Waals surface area (Å²) in [5, 5.41) is 18.9. The molecule has 0 aliphatic carbocycles. The van der Waals surface area contributed by atoms with Crippen molar-refractivity contribution in [2.45, 2.75) is 45.4 Å². The van der Waals surface area contributed by atoms with Gasteiger partial charge in [-0.05, 0) is 50.1 Å². The van der Waals surface area contributed by atoms with E-state index in [4.69, 9.17) is 19.7 Å². The van der Waals surface area contributed by atoms with Crippen molar-refractivity contribution in [3.63, 3.8) is 0 Å². The fourth-order valence-electron chi connectivity index (χ4n) is 2.49. The molecule has 0 radical (unpaired) electrons. The molecule has 0 fully saturated rings. The van der Waals surface area contributed by atoms with Gasteiger partial charge in [0.1, 0.15) is 5.75 Å². The van der Waals surface area contributed by atoms with Gasteiger partial charge < -0.3 is 20.3 Å². The summed E-state index contributed by atoms with van der Waals surface area (Å²) in [5.74, 6) is 1.85. The average molecular weight is 480 g/mol. The molecule has 0 saturated carbocycles. The van der Waals surface area contributed by atoms with Crippen LogP contribution in [0.2, 0.25) is 0 Å². The summed E-state index contributed by atoms with van der Waals surface area (Å²) in [6.07, 6.45) is -2.58. The van der Waals surface area contributed by atoms with Gasteiger partial charge in [0.05, 0.1) is 18.5 Å². The predicted octanol–water partition coefficient (Wildman–Crippen LogP) is 4.01. The number of pyridine rings is 1. The third-order valence-corrected chi connectivity index (χ3v) is 4.05. The molecule has 1 aromatic heterocycles. The molecular formula is C23H23F3N2O6. The Morgan fingerprint density at radius 2 is 1.74 bits per heavy atom. The zero-order chi connectivity index (χ0) is 25.9. The first-order chi connectivity index (χ1) is 15.8. The van der Waals surface area contributed by atoms with Crippen LogP contribution in [0.15, 0.2) is 42.7 Å². The van der Waals surface area contributed by atoms with Gasteiger partial charge in [-0.25, -0.2) is 4.79 Å². The molecule has 2 aromatic rings. The Labute approximate surface area is 193 Å². The number of aryl methyl sites for hydroxylation is 1. The number of carboxylic acids is 2. The molecule has 2 atom stereocenters. The Morgan fingerprint density at radius 1 is 1.15 bits per heavy atom. The summed E-state index contributed by atoms with van der Waals surface area (Å²) in [4.78, 5) is 36.2. The van der Waals surface area contributed by atoms with Crippen LogP contribution in [0.4, 0.5) is 18.9 Å². The molecule has 0 aliphatic rings. The highest BCUT2D eigenvalue weighted by molar-refractivity contribution is 5.94. The lowest BCUT2D eigenvalue weighted by atomic mass is 9.96. The maximum atomic E-state index is 12.3. The van der Waals surface area contributed by atoms with Crippen LogP contribution < -0.4 is 10.1 Å². The molecule has 34 heavy (non-hydrogen) atoms. The number of nitrogens with zero attached hydrogens (tertiary/aromatic N) is 1. The molecule has 1 heterocycles. The van der Waals surface area contributed by atoms with Gasteiger partial charge in [0.25, 0.3) is 5.91 Å². The minimum absolute atomic E-state index is 0.0675. The van der Waals surface area contributed by atoms with Crippen molar-refractivity contribution in [2.24, 2.45) is 0 Å². The van der Waals surface area contributed by atoms with E-state index in [9.17, 15) is 22.8 Å². The number of benzene rings is 1. The summed E-state index contributed by atoms with van der Waals surface area (Å²) in [7, 11) is 0. The van der Waals surface area contributed by atoms with Crippen LogP contribution in [0.25, 0.3) is 0 Å². The summed E-state index contributed by atoms with van der Waals surface area (Å²) in [6.45, 7) is 5.23. The molecule has 182 valence electrons. The monoisotopic (exact) mass is 480 g/mol. The number of carbonyl (C=O) groups excluding carboxylic acids is 1. The van der Waals surface area contributed by atoms with E-state index in [-0.39, 0.29) is 18.2 Å². The number of carboxylic acid groups (broad SMARTS) is 2. The van der Waals surface area contributed by atoms with Crippen LogP contribution >= 0.6 is 0 Å². The van der Waals surface area contributed by atoms with Crippen molar-refractivity contribution >= 4 is 23.5 Å². The fourth-order valence-corrected chi connectivity index (χ4v) is 2.49. The van der Waals surface area contributed by atoms with Crippen molar-refractivity contribution in [3.05, 3.63) is 53.9 Å². The van der Waals surface area contributed by atoms with E-state index < -0.39 is 24.2 Å². The molecule has 1 amide bonds. The number of aliphatic carboxylic acids is 2. The smallest absolute Gasteiger partial charge is 0.481 e. The van der Waals surface area contributed by atoms with Crippen LogP contribution in [0.1, 0.15) is 37.3 Å². The number of alkyl halides is 3. The second-order valence-electron chi connectivity index (χ2n) is 6.92. The van der Waals surface area contributed by atoms with Gasteiger partial charge >= 0.3 is 18.1 Å². The molecule has 0 bridgehead atoms. The quantitative estimate of drug-likeness (QED) is 0.511. The number of amides is 1. The molecular weight excluding hydrogens is 457 g/mol. The summed E-state index contributed by atoms with van der Waals surface area (Å²) < 4.78 is 37.3. The Hall–Kier alpha value is -4.07. The second kappa shape index (κ2) is 12.8. The molecule has 2 unspecified atom stereocenters. The molecule has 3 N–H and O–H groups in total. The van der Waals surface area contributed by atoms with E-state index in [2.05, 4.69) is 22.1 Å². The lowest BCUT2D eigenvalue weighted by Gasteiger charge is -2.15. The van der Waals surface area contributed by atoms with Gasteiger partial charge in [-0.3, -0.25) is 14.6 Å². The standard InChI is InChI=1S/C21H22N2O4.C2HF3O2/c1-4-5-17(11-20(24)25)16-6-8-18(9-7-16)23-21(26)15(3)27-19-10-14(2)12-22-13-19;3-2(4,5)1(6)7/h6-10,12-13,15,17H,11H2,1-3H3,(H,23,26)(H,24,25);(H,6,7). The lowest BCUT2D eigenvalue weighted by molar-refractivity contribution is -0.192. The van der Waals surface area contributed by atoms with Crippen molar-refractivity contribution in [1.82, 2.24) is 4.98 Å². The van der Waals surface area contributed by atoms with Gasteiger partial charge in [-0.2, -0.15) is 13.2 Å². The zero-order valence-electron chi connectivity index (χ0n) is 18.5. The Bertz CT molecular complexity index is 1060. The number of hydrogen-bond donors (Lipinski definition) is 3. The average Bonchev–Trinajstić information content (AvgIpc) is 2.73. The molecule has 2 rings (SSSR count). The van der Waals surface area contributed by atoms with E-state index in [1.54, 1.807) is 50.5 Å². The summed E-state index contributed by atoms with van der Waals surface area (Å²) in [6, 6.07) is 8.79. The van der Waals surface area contributed by atoms with Gasteiger partial charge in [0.15, 0.2) is 6.10 Å². The van der Waals surface area contributed by atoms with E-state index in [1.165, 1.54) is 0 Å². The lowest BCUT2D eigenvalue weighted by Crippen LogP contribution is -2.30. The maximum Gasteiger partial charge on any atom is 0.490 e. The molecule has 0 aliphatic heterocycles. The highest BCUT2D eigenvalue weighted by atomic mass is 19.4. The number of ether oxygens (including phenoxy) is 1. The molecule has 1 aromatic carbocycles. The van der Waals surface area contributed by atoms with Crippen LogP contribution in [-0.2, 0) is 14.4 Å².